The van der Waals surface area contributed by atoms with Gasteiger partial charge in [0.2, 0.25) is 0 Å². The molecule has 0 amide bonds. The van der Waals surface area contributed by atoms with Crippen LogP contribution in [-0.2, 0) is 21.1 Å². The number of aliphatic carboxylic acids is 1. The van der Waals surface area contributed by atoms with Crippen LogP contribution in [0.2, 0.25) is 0 Å². The number of hydrogen-bond acceptors (Lipinski definition) is 2. The normalized spacial score (nSPS) is 12.5. The molecule has 0 saturated carbocycles. The van der Waals surface area contributed by atoms with Crippen molar-refractivity contribution in [3.8, 4) is 0 Å². The molecular formula is C10H13FO3S. The average molecular weight is 232 g/mol. The van der Waals surface area contributed by atoms with Gasteiger partial charge in [0, 0.05) is 4.90 Å². The minimum atomic E-state index is -2.63. The van der Waals surface area contributed by atoms with Gasteiger partial charge < -0.3 is 5.11 Å². The first-order chi connectivity index (χ1) is 6.80. The summed E-state index contributed by atoms with van der Waals surface area (Å²) in [6.45, 7) is 0. The van der Waals surface area contributed by atoms with E-state index >= 15 is 0 Å². The third-order valence-electron chi connectivity index (χ3n) is 1.95. The molecular weight excluding hydrogens is 219 g/mol. The van der Waals surface area contributed by atoms with Crippen LogP contribution >= 0.6 is 0 Å². The Morgan fingerprint density at radius 2 is 2.07 bits per heavy atom. The first-order valence-corrected chi connectivity index (χ1v) is 6.96. The van der Waals surface area contributed by atoms with E-state index in [1.165, 1.54) is 24.6 Å². The van der Waals surface area contributed by atoms with Crippen molar-refractivity contribution < 1.29 is 18.5 Å². The van der Waals surface area contributed by atoms with Crippen molar-refractivity contribution in [1.82, 2.24) is 0 Å². The highest BCUT2D eigenvalue weighted by Crippen LogP contribution is 2.19. The lowest BCUT2D eigenvalue weighted by molar-refractivity contribution is -0.136. The number of carboxylic acids is 1. The summed E-state index contributed by atoms with van der Waals surface area (Å²) in [6.07, 6.45) is 2.72. The second-order valence-corrected chi connectivity index (χ2v) is 6.89. The zero-order chi connectivity index (χ0) is 11.6. The summed E-state index contributed by atoms with van der Waals surface area (Å²) < 4.78 is 25.0. The average Bonchev–Trinajstić information content (AvgIpc) is 1.99. The summed E-state index contributed by atoms with van der Waals surface area (Å²) in [5.41, 5.74) is 0.372. The van der Waals surface area contributed by atoms with Gasteiger partial charge in [-0.1, -0.05) is 16.0 Å². The Kier molecular flexibility index (Phi) is 3.24. The number of benzene rings is 1. The van der Waals surface area contributed by atoms with Crippen LogP contribution < -0.4 is 0 Å². The van der Waals surface area contributed by atoms with Gasteiger partial charge >= 0.3 is 5.97 Å². The van der Waals surface area contributed by atoms with Crippen molar-refractivity contribution in [3.63, 3.8) is 0 Å². The van der Waals surface area contributed by atoms with Crippen molar-refractivity contribution in [2.45, 2.75) is 11.3 Å². The van der Waals surface area contributed by atoms with Gasteiger partial charge in [-0.15, -0.1) is 0 Å². The Hall–Kier alpha value is -1.23. The molecule has 0 aliphatic carbocycles. The quantitative estimate of drug-likeness (QED) is 0.767. The maximum atomic E-state index is 13.4. The number of rotatable bonds is 3. The predicted molar refractivity (Wildman–Crippen MR) is 57.4 cm³/mol. The highest BCUT2D eigenvalue weighted by molar-refractivity contribution is 8.01. The van der Waals surface area contributed by atoms with Gasteiger partial charge in [0.05, 0.1) is 6.42 Å². The molecule has 0 atom stereocenters. The van der Waals surface area contributed by atoms with E-state index in [1.807, 2.05) is 0 Å². The lowest BCUT2D eigenvalue weighted by Gasteiger charge is -2.13. The van der Waals surface area contributed by atoms with E-state index in [0.29, 0.717) is 5.56 Å². The van der Waals surface area contributed by atoms with Crippen molar-refractivity contribution >= 4 is 15.9 Å². The summed E-state index contributed by atoms with van der Waals surface area (Å²) in [5, 5.41) is 8.51. The highest BCUT2D eigenvalue weighted by atomic mass is 32.2. The van der Waals surface area contributed by atoms with Crippen LogP contribution in [0.15, 0.2) is 23.1 Å². The number of thiol groups is 1. The van der Waals surface area contributed by atoms with E-state index < -0.39 is 21.7 Å². The number of halogens is 1. The van der Waals surface area contributed by atoms with Gasteiger partial charge in [-0.05, 0) is 30.2 Å². The summed E-state index contributed by atoms with van der Waals surface area (Å²) >= 11 is 0. The van der Waals surface area contributed by atoms with Crippen LogP contribution in [0.1, 0.15) is 5.56 Å². The van der Waals surface area contributed by atoms with Gasteiger partial charge in [0.1, 0.15) is 5.82 Å². The second-order valence-electron chi connectivity index (χ2n) is 3.71. The van der Waals surface area contributed by atoms with Crippen LogP contribution in [-0.4, -0.2) is 27.8 Å². The summed E-state index contributed by atoms with van der Waals surface area (Å²) in [6, 6.07) is 4.02. The van der Waals surface area contributed by atoms with Crippen molar-refractivity contribution in [1.29, 1.82) is 0 Å². The maximum absolute atomic E-state index is 13.4. The molecule has 0 aromatic heterocycles. The van der Waals surface area contributed by atoms with E-state index in [4.69, 9.17) is 5.11 Å². The van der Waals surface area contributed by atoms with E-state index in [0.717, 1.165) is 6.07 Å². The molecule has 0 saturated heterocycles. The third kappa shape index (κ3) is 3.13. The molecule has 3 nitrogen and oxygen atoms in total. The van der Waals surface area contributed by atoms with Crippen molar-refractivity contribution in [3.05, 3.63) is 29.6 Å². The monoisotopic (exact) mass is 232 g/mol. The summed E-state index contributed by atoms with van der Waals surface area (Å²) in [5.74, 6) is -1.61. The highest BCUT2D eigenvalue weighted by Gasteiger charge is 2.12. The van der Waals surface area contributed by atoms with E-state index in [1.54, 1.807) is 0 Å². The standard InChI is InChI=1S/C10H13FO3S/c1-15(2,14)9-4-3-7(5-8(9)11)6-10(12)13/h3-5,15H,6H2,1-2H3,(H,12,13). The van der Waals surface area contributed by atoms with Gasteiger partial charge in [-0.2, -0.15) is 0 Å². The van der Waals surface area contributed by atoms with E-state index in [2.05, 4.69) is 0 Å². The molecule has 0 spiro atoms. The molecule has 84 valence electrons. The number of hydrogen-bond donors (Lipinski definition) is 2. The fraction of sp³-hybridized carbons (Fsp3) is 0.300. The Morgan fingerprint density at radius 1 is 1.47 bits per heavy atom. The van der Waals surface area contributed by atoms with Crippen molar-refractivity contribution in [2.75, 3.05) is 12.5 Å². The minimum absolute atomic E-state index is 0.164. The molecule has 0 fully saturated rings. The van der Waals surface area contributed by atoms with Gasteiger partial charge in [0.25, 0.3) is 0 Å². The fourth-order valence-electron chi connectivity index (χ4n) is 1.27. The number of carboxylic acid groups (broad SMARTS) is 1. The third-order valence-corrected chi connectivity index (χ3v) is 3.47. The molecule has 1 rings (SSSR count). The van der Waals surface area contributed by atoms with Gasteiger partial charge in [-0.3, -0.25) is 9.00 Å². The molecule has 0 radical (unpaired) electrons. The van der Waals surface area contributed by atoms with E-state index in [-0.39, 0.29) is 11.3 Å². The lowest BCUT2D eigenvalue weighted by atomic mass is 10.1. The van der Waals surface area contributed by atoms with Gasteiger partial charge in [0.15, 0.2) is 0 Å². The number of carbonyl (C=O) groups is 1. The first-order valence-electron chi connectivity index (χ1n) is 4.36. The predicted octanol–water partition coefficient (Wildman–Crippen LogP) is 1.09. The topological polar surface area (TPSA) is 54.4 Å². The summed E-state index contributed by atoms with van der Waals surface area (Å²) in [7, 11) is -2.63. The molecule has 15 heavy (non-hydrogen) atoms. The largest absolute Gasteiger partial charge is 0.481 e. The Morgan fingerprint density at radius 3 is 2.47 bits per heavy atom. The zero-order valence-corrected chi connectivity index (χ0v) is 9.42. The van der Waals surface area contributed by atoms with Crippen LogP contribution in [0, 0.1) is 5.82 Å². The van der Waals surface area contributed by atoms with Gasteiger partial charge in [-0.25, -0.2) is 4.39 Å². The SMILES string of the molecule is C[SH](C)(=O)c1ccc(CC(=O)O)cc1F. The molecule has 0 bridgehead atoms. The van der Waals surface area contributed by atoms with Crippen LogP contribution in [0.5, 0.6) is 0 Å². The molecule has 0 aliphatic rings. The van der Waals surface area contributed by atoms with Crippen LogP contribution in [0.25, 0.3) is 0 Å². The summed E-state index contributed by atoms with van der Waals surface area (Å²) in [4.78, 5) is 10.5. The van der Waals surface area contributed by atoms with Crippen LogP contribution in [0.4, 0.5) is 4.39 Å². The molecule has 1 aromatic carbocycles. The van der Waals surface area contributed by atoms with Crippen LogP contribution in [0.3, 0.4) is 0 Å². The second kappa shape index (κ2) is 4.10. The zero-order valence-electron chi connectivity index (χ0n) is 8.53. The molecule has 1 N–H and O–H groups in total. The Balaban J connectivity index is 3.09. The molecule has 1 aromatic rings. The first kappa shape index (κ1) is 11.8. The molecule has 0 heterocycles. The van der Waals surface area contributed by atoms with Crippen molar-refractivity contribution in [2.24, 2.45) is 0 Å². The fourth-order valence-corrected chi connectivity index (χ4v) is 2.28. The Labute approximate surface area is 88.4 Å². The lowest BCUT2D eigenvalue weighted by Crippen LogP contribution is -2.10. The maximum Gasteiger partial charge on any atom is 0.307 e. The smallest absolute Gasteiger partial charge is 0.307 e. The molecule has 5 heteroatoms. The Bertz CT molecular complexity index is 436. The minimum Gasteiger partial charge on any atom is -0.481 e. The molecule has 0 unspecified atom stereocenters. The van der Waals surface area contributed by atoms with E-state index in [9.17, 15) is 13.4 Å². The molecule has 0 aliphatic heterocycles.